The maximum atomic E-state index is 11.8. The molecule has 0 aliphatic carbocycles. The minimum Gasteiger partial charge on any atom is -0.370 e. The molecule has 18 heavy (non-hydrogen) atoms. The van der Waals surface area contributed by atoms with Gasteiger partial charge in [-0.05, 0) is 17.7 Å². The molecule has 2 N–H and O–H groups in total. The minimum atomic E-state index is -0.0337. The standard InChI is InChI=1S/C13H17BrN2O2/c14-11-3-1-10(2-4-11)12-9-16(7-8-18-12)13(17)5-6-15/h1-4,12H,5-9,15H2. The Morgan fingerprint density at radius 2 is 2.17 bits per heavy atom. The van der Waals surface area contributed by atoms with E-state index in [0.717, 1.165) is 10.0 Å². The lowest BCUT2D eigenvalue weighted by atomic mass is 10.1. The Labute approximate surface area is 115 Å². The Morgan fingerprint density at radius 1 is 1.44 bits per heavy atom. The molecule has 1 aromatic carbocycles. The van der Waals surface area contributed by atoms with E-state index >= 15 is 0 Å². The van der Waals surface area contributed by atoms with Crippen molar-refractivity contribution in [1.29, 1.82) is 0 Å². The number of rotatable bonds is 3. The van der Waals surface area contributed by atoms with Gasteiger partial charge in [0.25, 0.3) is 0 Å². The van der Waals surface area contributed by atoms with Crippen LogP contribution in [-0.4, -0.2) is 37.0 Å². The van der Waals surface area contributed by atoms with Gasteiger partial charge in [-0.3, -0.25) is 4.79 Å². The van der Waals surface area contributed by atoms with Crippen LogP contribution in [0.2, 0.25) is 0 Å². The quantitative estimate of drug-likeness (QED) is 0.924. The molecule has 0 aromatic heterocycles. The number of nitrogens with zero attached hydrogens (tertiary/aromatic N) is 1. The van der Waals surface area contributed by atoms with Crippen LogP contribution in [-0.2, 0) is 9.53 Å². The second kappa shape index (κ2) is 6.31. The third-order valence-corrected chi connectivity index (χ3v) is 3.55. The normalized spacial score (nSPS) is 19.9. The summed E-state index contributed by atoms with van der Waals surface area (Å²) >= 11 is 3.41. The van der Waals surface area contributed by atoms with Crippen LogP contribution in [0.25, 0.3) is 0 Å². The van der Waals surface area contributed by atoms with Crippen molar-refractivity contribution >= 4 is 21.8 Å². The monoisotopic (exact) mass is 312 g/mol. The number of hydrogen-bond acceptors (Lipinski definition) is 3. The number of ether oxygens (including phenoxy) is 1. The minimum absolute atomic E-state index is 0.0337. The topological polar surface area (TPSA) is 55.6 Å². The molecular weight excluding hydrogens is 296 g/mol. The summed E-state index contributed by atoms with van der Waals surface area (Å²) in [6.45, 7) is 2.25. The lowest BCUT2D eigenvalue weighted by Gasteiger charge is -2.33. The second-order valence-corrected chi connectivity index (χ2v) is 5.21. The van der Waals surface area contributed by atoms with Crippen LogP contribution in [0.5, 0.6) is 0 Å². The van der Waals surface area contributed by atoms with E-state index in [1.165, 1.54) is 0 Å². The Morgan fingerprint density at radius 3 is 2.83 bits per heavy atom. The highest BCUT2D eigenvalue weighted by Crippen LogP contribution is 2.24. The summed E-state index contributed by atoms with van der Waals surface area (Å²) in [5.41, 5.74) is 6.51. The summed E-state index contributed by atoms with van der Waals surface area (Å²) in [7, 11) is 0. The number of carbonyl (C=O) groups is 1. The van der Waals surface area contributed by atoms with Crippen LogP contribution in [0.3, 0.4) is 0 Å². The zero-order chi connectivity index (χ0) is 13.0. The van der Waals surface area contributed by atoms with Crippen LogP contribution in [0.4, 0.5) is 0 Å². The third kappa shape index (κ3) is 3.31. The van der Waals surface area contributed by atoms with E-state index in [2.05, 4.69) is 15.9 Å². The van der Waals surface area contributed by atoms with Gasteiger partial charge in [0.05, 0.1) is 13.2 Å². The van der Waals surface area contributed by atoms with Crippen molar-refractivity contribution in [3.63, 3.8) is 0 Å². The van der Waals surface area contributed by atoms with E-state index in [4.69, 9.17) is 10.5 Å². The average Bonchev–Trinajstić information content (AvgIpc) is 2.40. The molecule has 1 aromatic rings. The number of benzene rings is 1. The van der Waals surface area contributed by atoms with Gasteiger partial charge in [-0.1, -0.05) is 28.1 Å². The van der Waals surface area contributed by atoms with Crippen molar-refractivity contribution in [3.05, 3.63) is 34.3 Å². The molecule has 2 rings (SSSR count). The van der Waals surface area contributed by atoms with Crippen molar-refractivity contribution < 1.29 is 9.53 Å². The Kier molecular flexibility index (Phi) is 4.74. The molecule has 1 aliphatic heterocycles. The van der Waals surface area contributed by atoms with Crippen LogP contribution < -0.4 is 5.73 Å². The van der Waals surface area contributed by atoms with E-state index in [-0.39, 0.29) is 12.0 Å². The second-order valence-electron chi connectivity index (χ2n) is 4.29. The van der Waals surface area contributed by atoms with Crippen LogP contribution in [0.1, 0.15) is 18.1 Å². The summed E-state index contributed by atoms with van der Waals surface area (Å²) < 4.78 is 6.76. The molecule has 1 atom stereocenters. The van der Waals surface area contributed by atoms with Crippen LogP contribution >= 0.6 is 15.9 Å². The maximum Gasteiger partial charge on any atom is 0.224 e. The average molecular weight is 313 g/mol. The molecule has 98 valence electrons. The van der Waals surface area contributed by atoms with E-state index < -0.39 is 0 Å². The molecular formula is C13H17BrN2O2. The number of nitrogens with two attached hydrogens (primary N) is 1. The largest absolute Gasteiger partial charge is 0.370 e. The van der Waals surface area contributed by atoms with Crippen molar-refractivity contribution in [1.82, 2.24) is 4.90 Å². The Hall–Kier alpha value is -0.910. The summed E-state index contributed by atoms with van der Waals surface area (Å²) in [5.74, 6) is 0.114. The van der Waals surface area contributed by atoms with Gasteiger partial charge in [-0.2, -0.15) is 0 Å². The smallest absolute Gasteiger partial charge is 0.224 e. The van der Waals surface area contributed by atoms with E-state index in [1.807, 2.05) is 29.2 Å². The first-order valence-corrected chi connectivity index (χ1v) is 6.85. The molecule has 0 saturated carbocycles. The molecule has 1 saturated heterocycles. The van der Waals surface area contributed by atoms with Gasteiger partial charge in [0.1, 0.15) is 6.10 Å². The molecule has 0 bridgehead atoms. The van der Waals surface area contributed by atoms with Crippen molar-refractivity contribution in [3.8, 4) is 0 Å². The first-order valence-electron chi connectivity index (χ1n) is 6.05. The molecule has 4 nitrogen and oxygen atoms in total. The molecule has 1 amide bonds. The number of carbonyl (C=O) groups excluding carboxylic acids is 1. The van der Waals surface area contributed by atoms with Gasteiger partial charge >= 0.3 is 0 Å². The number of halogens is 1. The molecule has 1 heterocycles. The fraction of sp³-hybridized carbons (Fsp3) is 0.462. The van der Waals surface area contributed by atoms with Crippen LogP contribution in [0, 0.1) is 0 Å². The summed E-state index contributed by atoms with van der Waals surface area (Å²) in [6.07, 6.45) is 0.376. The maximum absolute atomic E-state index is 11.8. The highest BCUT2D eigenvalue weighted by Gasteiger charge is 2.24. The first kappa shape index (κ1) is 13.5. The lowest BCUT2D eigenvalue weighted by molar-refractivity contribution is -0.138. The predicted molar refractivity (Wildman–Crippen MR) is 73.1 cm³/mol. The van der Waals surface area contributed by atoms with Crippen molar-refractivity contribution in [2.75, 3.05) is 26.2 Å². The zero-order valence-corrected chi connectivity index (χ0v) is 11.7. The van der Waals surface area contributed by atoms with Gasteiger partial charge in [-0.15, -0.1) is 0 Å². The summed E-state index contributed by atoms with van der Waals surface area (Å²) in [4.78, 5) is 13.6. The van der Waals surface area contributed by atoms with Gasteiger partial charge in [0.15, 0.2) is 0 Å². The van der Waals surface area contributed by atoms with Crippen LogP contribution in [0.15, 0.2) is 28.7 Å². The number of amides is 1. The fourth-order valence-electron chi connectivity index (χ4n) is 2.04. The Bertz CT molecular complexity index is 408. The van der Waals surface area contributed by atoms with Crippen molar-refractivity contribution in [2.45, 2.75) is 12.5 Å². The van der Waals surface area contributed by atoms with Gasteiger partial charge in [0, 0.05) is 24.0 Å². The molecule has 1 aliphatic rings. The molecule has 0 radical (unpaired) electrons. The van der Waals surface area contributed by atoms with Gasteiger partial charge in [0.2, 0.25) is 5.91 Å². The number of morpholine rings is 1. The molecule has 1 fully saturated rings. The van der Waals surface area contributed by atoms with Gasteiger partial charge in [-0.25, -0.2) is 0 Å². The molecule has 1 unspecified atom stereocenters. The Balaban J connectivity index is 2.02. The SMILES string of the molecule is NCCC(=O)N1CCOC(c2ccc(Br)cc2)C1. The van der Waals surface area contributed by atoms with Crippen molar-refractivity contribution in [2.24, 2.45) is 5.73 Å². The predicted octanol–water partition coefficient (Wildman–Crippen LogP) is 1.70. The lowest BCUT2D eigenvalue weighted by Crippen LogP contribution is -2.42. The highest BCUT2D eigenvalue weighted by molar-refractivity contribution is 9.10. The molecule has 0 spiro atoms. The van der Waals surface area contributed by atoms with E-state index in [1.54, 1.807) is 0 Å². The number of hydrogen-bond donors (Lipinski definition) is 1. The third-order valence-electron chi connectivity index (χ3n) is 3.02. The first-order chi connectivity index (χ1) is 8.70. The van der Waals surface area contributed by atoms with Gasteiger partial charge < -0.3 is 15.4 Å². The summed E-state index contributed by atoms with van der Waals surface area (Å²) in [5, 5.41) is 0. The summed E-state index contributed by atoms with van der Waals surface area (Å²) in [6, 6.07) is 8.01. The highest BCUT2D eigenvalue weighted by atomic mass is 79.9. The van der Waals surface area contributed by atoms with E-state index in [9.17, 15) is 4.79 Å². The molecule has 5 heteroatoms. The zero-order valence-electron chi connectivity index (χ0n) is 10.1. The fourth-order valence-corrected chi connectivity index (χ4v) is 2.30. The van der Waals surface area contributed by atoms with E-state index in [0.29, 0.717) is 32.7 Å².